The number of rotatable bonds is 10. The highest BCUT2D eigenvalue weighted by atomic mass is 35.5. The topological polar surface area (TPSA) is 62.2 Å². The molecule has 1 unspecified atom stereocenters. The number of carbonyl (C=O) groups is 1. The molecule has 7 heteroatoms. The second-order valence-electron chi connectivity index (χ2n) is 9.57. The maximum atomic E-state index is 12.6. The van der Waals surface area contributed by atoms with Gasteiger partial charge in [-0.15, -0.1) is 0 Å². The van der Waals surface area contributed by atoms with E-state index < -0.39 is 5.60 Å². The predicted octanol–water partition coefficient (Wildman–Crippen LogP) is 5.75. The van der Waals surface area contributed by atoms with E-state index in [2.05, 4.69) is 24.0 Å². The Morgan fingerprint density at radius 3 is 2.36 bits per heavy atom. The SMILES string of the molecule is COc1cc(C=CC=CC(=O)N2CCN(CCOC(C)(c3ccccc3)c3ccc(Cl)cc3)CC2)ccc1O. The van der Waals surface area contributed by atoms with Gasteiger partial charge in [0.05, 0.1) is 13.7 Å². The van der Waals surface area contributed by atoms with Crippen LogP contribution in [0.3, 0.4) is 0 Å². The normalized spacial score (nSPS) is 16.0. The van der Waals surface area contributed by atoms with E-state index in [4.69, 9.17) is 21.1 Å². The Labute approximate surface area is 235 Å². The second kappa shape index (κ2) is 13.5. The van der Waals surface area contributed by atoms with Gasteiger partial charge in [-0.05, 0) is 47.9 Å². The number of allylic oxidation sites excluding steroid dienone is 2. The lowest BCUT2D eigenvalue weighted by Crippen LogP contribution is -2.49. The number of piperazine rings is 1. The Morgan fingerprint density at radius 1 is 0.974 bits per heavy atom. The molecule has 1 heterocycles. The third-order valence-electron chi connectivity index (χ3n) is 7.04. The van der Waals surface area contributed by atoms with Crippen LogP contribution in [0.5, 0.6) is 11.5 Å². The molecule has 1 fully saturated rings. The molecule has 0 spiro atoms. The Morgan fingerprint density at radius 2 is 1.67 bits per heavy atom. The standard InChI is InChI=1S/C32H35ClN2O4/c1-32(26-9-4-3-5-10-26,27-13-15-28(33)16-14-27)39-23-22-34-18-20-35(21-19-34)31(37)11-7-6-8-25-12-17-29(36)30(24-25)38-2/h3-17,24,36H,18-23H2,1-2H3. The van der Waals surface area contributed by atoms with E-state index >= 15 is 0 Å². The molecule has 3 aromatic rings. The summed E-state index contributed by atoms with van der Waals surface area (Å²) < 4.78 is 11.7. The first-order valence-electron chi connectivity index (χ1n) is 13.1. The number of phenolic OH excluding ortho intramolecular Hbond substituents is 1. The summed E-state index contributed by atoms with van der Waals surface area (Å²) in [5.41, 5.74) is 2.43. The quantitative estimate of drug-likeness (QED) is 0.259. The average molecular weight is 547 g/mol. The first-order chi connectivity index (χ1) is 18.9. The number of amides is 1. The van der Waals surface area contributed by atoms with Crippen molar-refractivity contribution in [2.24, 2.45) is 0 Å². The van der Waals surface area contributed by atoms with Gasteiger partial charge >= 0.3 is 0 Å². The summed E-state index contributed by atoms with van der Waals surface area (Å²) >= 11 is 6.13. The molecule has 1 aliphatic heterocycles. The molecule has 0 aromatic heterocycles. The molecule has 1 saturated heterocycles. The minimum atomic E-state index is -0.590. The smallest absolute Gasteiger partial charge is 0.246 e. The van der Waals surface area contributed by atoms with E-state index in [0.29, 0.717) is 30.5 Å². The molecule has 0 aliphatic carbocycles. The zero-order valence-corrected chi connectivity index (χ0v) is 23.2. The number of hydrogen-bond donors (Lipinski definition) is 1. The van der Waals surface area contributed by atoms with Gasteiger partial charge in [0.1, 0.15) is 5.60 Å². The zero-order chi connectivity index (χ0) is 27.7. The van der Waals surface area contributed by atoms with E-state index in [0.717, 1.165) is 36.3 Å². The number of nitrogens with zero attached hydrogens (tertiary/aromatic N) is 2. The van der Waals surface area contributed by atoms with Crippen LogP contribution in [0, 0.1) is 0 Å². The van der Waals surface area contributed by atoms with Crippen LogP contribution in [0.15, 0.2) is 91.0 Å². The van der Waals surface area contributed by atoms with Crippen LogP contribution in [0.1, 0.15) is 23.6 Å². The average Bonchev–Trinajstić information content (AvgIpc) is 2.97. The molecule has 0 bridgehead atoms. The van der Waals surface area contributed by atoms with Crippen LogP contribution in [0.2, 0.25) is 5.02 Å². The molecule has 6 nitrogen and oxygen atoms in total. The second-order valence-corrected chi connectivity index (χ2v) is 10.0. The monoisotopic (exact) mass is 546 g/mol. The summed E-state index contributed by atoms with van der Waals surface area (Å²) in [5.74, 6) is 0.506. The van der Waals surface area contributed by atoms with E-state index in [9.17, 15) is 9.90 Å². The molecule has 1 amide bonds. The highest BCUT2D eigenvalue weighted by molar-refractivity contribution is 6.30. The van der Waals surface area contributed by atoms with Gasteiger partial charge in [0, 0.05) is 43.8 Å². The molecular weight excluding hydrogens is 512 g/mol. The first-order valence-corrected chi connectivity index (χ1v) is 13.5. The molecular formula is C32H35ClN2O4. The van der Waals surface area contributed by atoms with Gasteiger partial charge in [0.2, 0.25) is 5.91 Å². The molecule has 1 aliphatic rings. The van der Waals surface area contributed by atoms with Crippen LogP contribution >= 0.6 is 11.6 Å². The molecule has 204 valence electrons. The first kappa shape index (κ1) is 28.4. The van der Waals surface area contributed by atoms with Crippen molar-refractivity contribution in [3.8, 4) is 11.5 Å². The molecule has 0 saturated carbocycles. The number of phenols is 1. The van der Waals surface area contributed by atoms with Crippen LogP contribution in [-0.2, 0) is 15.1 Å². The van der Waals surface area contributed by atoms with Crippen molar-refractivity contribution in [1.82, 2.24) is 9.80 Å². The fraction of sp³-hybridized carbons (Fsp3) is 0.281. The summed E-state index contributed by atoms with van der Waals surface area (Å²) in [5, 5.41) is 10.4. The lowest BCUT2D eigenvalue weighted by Gasteiger charge is -2.36. The van der Waals surface area contributed by atoms with Crippen LogP contribution in [-0.4, -0.2) is 67.3 Å². The number of ether oxygens (including phenoxy) is 2. The Balaban J connectivity index is 1.26. The minimum Gasteiger partial charge on any atom is -0.504 e. The van der Waals surface area contributed by atoms with E-state index in [1.807, 2.05) is 59.5 Å². The minimum absolute atomic E-state index is 0.00164. The van der Waals surface area contributed by atoms with Crippen LogP contribution in [0.4, 0.5) is 0 Å². The predicted molar refractivity (Wildman–Crippen MR) is 156 cm³/mol. The lowest BCUT2D eigenvalue weighted by molar-refractivity contribution is -0.127. The van der Waals surface area contributed by atoms with Crippen LogP contribution in [0.25, 0.3) is 6.08 Å². The highest BCUT2D eigenvalue weighted by Crippen LogP contribution is 2.34. The van der Waals surface area contributed by atoms with Gasteiger partial charge in [-0.1, -0.05) is 78.4 Å². The maximum Gasteiger partial charge on any atom is 0.246 e. The van der Waals surface area contributed by atoms with Gasteiger partial charge in [0.15, 0.2) is 11.5 Å². The van der Waals surface area contributed by atoms with E-state index in [-0.39, 0.29) is 11.7 Å². The van der Waals surface area contributed by atoms with Gasteiger partial charge < -0.3 is 19.5 Å². The number of hydrogen-bond acceptors (Lipinski definition) is 5. The number of methoxy groups -OCH3 is 1. The largest absolute Gasteiger partial charge is 0.504 e. The fourth-order valence-electron chi connectivity index (χ4n) is 4.64. The summed E-state index contributed by atoms with van der Waals surface area (Å²) in [7, 11) is 1.51. The Hall–Kier alpha value is -3.58. The molecule has 3 aromatic carbocycles. The van der Waals surface area contributed by atoms with Crippen molar-refractivity contribution < 1.29 is 19.4 Å². The molecule has 0 radical (unpaired) electrons. The van der Waals surface area contributed by atoms with Gasteiger partial charge in [-0.25, -0.2) is 0 Å². The number of carbonyl (C=O) groups excluding carboxylic acids is 1. The van der Waals surface area contributed by atoms with Gasteiger partial charge in [-0.3, -0.25) is 9.69 Å². The highest BCUT2D eigenvalue weighted by Gasteiger charge is 2.30. The number of aromatic hydroxyl groups is 1. The Bertz CT molecular complexity index is 1290. The van der Waals surface area contributed by atoms with Crippen molar-refractivity contribution in [1.29, 1.82) is 0 Å². The van der Waals surface area contributed by atoms with Crippen molar-refractivity contribution in [3.63, 3.8) is 0 Å². The summed E-state index contributed by atoms with van der Waals surface area (Å²) in [6.07, 6.45) is 6.99. The summed E-state index contributed by atoms with van der Waals surface area (Å²) in [4.78, 5) is 16.8. The number of halogens is 1. The maximum absolute atomic E-state index is 12.6. The fourth-order valence-corrected chi connectivity index (χ4v) is 4.76. The number of benzene rings is 3. The lowest BCUT2D eigenvalue weighted by atomic mass is 9.88. The van der Waals surface area contributed by atoms with Crippen molar-refractivity contribution >= 4 is 23.6 Å². The summed E-state index contributed by atoms with van der Waals surface area (Å²) in [6, 6.07) is 23.2. The van der Waals surface area contributed by atoms with E-state index in [1.165, 1.54) is 7.11 Å². The van der Waals surface area contributed by atoms with E-state index in [1.54, 1.807) is 30.4 Å². The molecule has 1 N–H and O–H groups in total. The van der Waals surface area contributed by atoms with Crippen LogP contribution < -0.4 is 4.74 Å². The van der Waals surface area contributed by atoms with Gasteiger partial charge in [0.25, 0.3) is 0 Å². The van der Waals surface area contributed by atoms with Gasteiger partial charge in [-0.2, -0.15) is 0 Å². The molecule has 39 heavy (non-hydrogen) atoms. The van der Waals surface area contributed by atoms with Crippen molar-refractivity contribution in [3.05, 3.63) is 113 Å². The summed E-state index contributed by atoms with van der Waals surface area (Å²) in [6.45, 7) is 6.40. The third-order valence-corrected chi connectivity index (χ3v) is 7.30. The van der Waals surface area contributed by atoms with Crippen molar-refractivity contribution in [2.45, 2.75) is 12.5 Å². The third kappa shape index (κ3) is 7.51. The zero-order valence-electron chi connectivity index (χ0n) is 22.4. The molecule has 4 rings (SSSR count). The van der Waals surface area contributed by atoms with Crippen molar-refractivity contribution in [2.75, 3.05) is 46.4 Å². The molecule has 1 atom stereocenters. The Kier molecular flexibility index (Phi) is 9.82.